The van der Waals surface area contributed by atoms with Crippen LogP contribution < -0.4 is 10.9 Å². The molecule has 100 valence electrons. The highest BCUT2D eigenvalue weighted by molar-refractivity contribution is 5.94. The van der Waals surface area contributed by atoms with Crippen LogP contribution in [0.4, 0.5) is 0 Å². The van der Waals surface area contributed by atoms with Crippen molar-refractivity contribution >= 4 is 5.91 Å². The van der Waals surface area contributed by atoms with Gasteiger partial charge in [0.1, 0.15) is 5.56 Å². The number of H-pyrrole nitrogens is 1. The molecule has 1 aromatic heterocycles. The molecular formula is C14H22N2O2. The summed E-state index contributed by atoms with van der Waals surface area (Å²) >= 11 is 0. The van der Waals surface area contributed by atoms with Crippen LogP contribution in [0.25, 0.3) is 0 Å². The van der Waals surface area contributed by atoms with Crippen LogP contribution in [0, 0.1) is 6.92 Å². The molecule has 18 heavy (non-hydrogen) atoms. The highest BCUT2D eigenvalue weighted by Gasteiger charge is 2.14. The van der Waals surface area contributed by atoms with Gasteiger partial charge in [0.05, 0.1) is 0 Å². The van der Waals surface area contributed by atoms with E-state index in [1.165, 1.54) is 0 Å². The van der Waals surface area contributed by atoms with Gasteiger partial charge in [0.25, 0.3) is 11.5 Å². The van der Waals surface area contributed by atoms with Crippen LogP contribution in [0.3, 0.4) is 0 Å². The first-order valence-electron chi connectivity index (χ1n) is 6.53. The molecule has 1 heterocycles. The van der Waals surface area contributed by atoms with Gasteiger partial charge >= 0.3 is 0 Å². The van der Waals surface area contributed by atoms with Crippen molar-refractivity contribution in [3.05, 3.63) is 33.2 Å². The predicted octanol–water partition coefficient (Wildman–Crippen LogP) is 2.16. The molecule has 1 amide bonds. The third-order valence-electron chi connectivity index (χ3n) is 3.10. The molecule has 0 aliphatic rings. The minimum atomic E-state index is -0.312. The van der Waals surface area contributed by atoms with Gasteiger partial charge in [-0.25, -0.2) is 0 Å². The maximum Gasteiger partial charge on any atom is 0.261 e. The number of rotatable bonds is 5. The van der Waals surface area contributed by atoms with Crippen LogP contribution >= 0.6 is 0 Å². The molecule has 0 spiro atoms. The van der Waals surface area contributed by atoms with E-state index in [1.807, 2.05) is 20.8 Å². The number of hydrogen-bond acceptors (Lipinski definition) is 2. The standard InChI is InChI=1S/C14H22N2O2/c1-5-7-11-8-12(14(18)16-10(11)4)13(17)15-9(3)6-2/h8-9H,5-7H2,1-4H3,(H,15,17)(H,16,18)/t9-/m1/s1. The molecule has 0 unspecified atom stereocenters. The largest absolute Gasteiger partial charge is 0.349 e. The summed E-state index contributed by atoms with van der Waals surface area (Å²) in [7, 11) is 0. The number of carbonyl (C=O) groups is 1. The zero-order chi connectivity index (χ0) is 13.7. The Balaban J connectivity index is 3.04. The molecular weight excluding hydrogens is 228 g/mol. The quantitative estimate of drug-likeness (QED) is 0.841. The Morgan fingerprint density at radius 2 is 2.11 bits per heavy atom. The second-order valence-corrected chi connectivity index (χ2v) is 4.70. The van der Waals surface area contributed by atoms with Gasteiger partial charge in [-0.2, -0.15) is 0 Å². The average Bonchev–Trinajstić information content (AvgIpc) is 2.32. The molecule has 0 bridgehead atoms. The van der Waals surface area contributed by atoms with Crippen LogP contribution in [-0.2, 0) is 6.42 Å². The Morgan fingerprint density at radius 1 is 1.44 bits per heavy atom. The van der Waals surface area contributed by atoms with E-state index < -0.39 is 0 Å². The van der Waals surface area contributed by atoms with Crippen molar-refractivity contribution in [3.63, 3.8) is 0 Å². The summed E-state index contributed by atoms with van der Waals surface area (Å²) in [5.41, 5.74) is 1.78. The van der Waals surface area contributed by atoms with Crippen LogP contribution in [0.2, 0.25) is 0 Å². The van der Waals surface area contributed by atoms with Crippen molar-refractivity contribution in [1.29, 1.82) is 0 Å². The fourth-order valence-electron chi connectivity index (χ4n) is 1.77. The van der Waals surface area contributed by atoms with E-state index in [0.29, 0.717) is 0 Å². The molecule has 0 radical (unpaired) electrons. The Labute approximate surface area is 108 Å². The van der Waals surface area contributed by atoms with Crippen molar-refractivity contribution in [3.8, 4) is 0 Å². The van der Waals surface area contributed by atoms with E-state index in [0.717, 1.165) is 30.5 Å². The van der Waals surface area contributed by atoms with E-state index in [9.17, 15) is 9.59 Å². The molecule has 1 rings (SSSR count). The number of nitrogens with one attached hydrogen (secondary N) is 2. The van der Waals surface area contributed by atoms with Gasteiger partial charge in [-0.15, -0.1) is 0 Å². The summed E-state index contributed by atoms with van der Waals surface area (Å²) in [6, 6.07) is 1.79. The molecule has 0 saturated carbocycles. The number of hydrogen-bond donors (Lipinski definition) is 2. The first-order chi connectivity index (χ1) is 8.49. The number of carbonyl (C=O) groups excluding carboxylic acids is 1. The molecule has 0 aliphatic carbocycles. The SMILES string of the molecule is CCCc1cc(C(=O)N[C@H](C)CC)c(=O)[nH]c1C. The highest BCUT2D eigenvalue weighted by atomic mass is 16.2. The van der Waals surface area contributed by atoms with Crippen LogP contribution in [0.1, 0.15) is 55.2 Å². The third-order valence-corrected chi connectivity index (χ3v) is 3.10. The van der Waals surface area contributed by atoms with Crippen molar-refractivity contribution < 1.29 is 4.79 Å². The zero-order valence-electron chi connectivity index (χ0n) is 11.6. The van der Waals surface area contributed by atoms with Gasteiger partial charge in [-0.05, 0) is 38.3 Å². The van der Waals surface area contributed by atoms with Crippen molar-refractivity contribution in [1.82, 2.24) is 10.3 Å². The summed E-state index contributed by atoms with van der Waals surface area (Å²) < 4.78 is 0. The molecule has 0 aliphatic heterocycles. The fraction of sp³-hybridized carbons (Fsp3) is 0.571. The summed E-state index contributed by atoms with van der Waals surface area (Å²) in [4.78, 5) is 26.5. The predicted molar refractivity (Wildman–Crippen MR) is 73.0 cm³/mol. The zero-order valence-corrected chi connectivity index (χ0v) is 11.6. The molecule has 2 N–H and O–H groups in total. The minimum Gasteiger partial charge on any atom is -0.349 e. The lowest BCUT2D eigenvalue weighted by Gasteiger charge is -2.12. The molecule has 1 atom stereocenters. The van der Waals surface area contributed by atoms with E-state index in [2.05, 4.69) is 17.2 Å². The molecule has 0 saturated heterocycles. The van der Waals surface area contributed by atoms with E-state index in [4.69, 9.17) is 0 Å². The second kappa shape index (κ2) is 6.38. The van der Waals surface area contributed by atoms with E-state index in [-0.39, 0.29) is 23.1 Å². The van der Waals surface area contributed by atoms with Crippen LogP contribution in [-0.4, -0.2) is 16.9 Å². The van der Waals surface area contributed by atoms with Gasteiger partial charge < -0.3 is 10.3 Å². The highest BCUT2D eigenvalue weighted by Crippen LogP contribution is 2.08. The van der Waals surface area contributed by atoms with Gasteiger partial charge in [0, 0.05) is 11.7 Å². The number of amides is 1. The van der Waals surface area contributed by atoms with Gasteiger partial charge in [0.2, 0.25) is 0 Å². The van der Waals surface area contributed by atoms with Crippen molar-refractivity contribution in [2.45, 2.75) is 53.0 Å². The topological polar surface area (TPSA) is 62.0 Å². The van der Waals surface area contributed by atoms with Gasteiger partial charge in [0.15, 0.2) is 0 Å². The molecule has 4 heteroatoms. The number of pyridine rings is 1. The van der Waals surface area contributed by atoms with Crippen LogP contribution in [0.5, 0.6) is 0 Å². The maximum atomic E-state index is 12.0. The number of aryl methyl sites for hydroxylation is 2. The minimum absolute atomic E-state index is 0.0767. The number of aromatic nitrogens is 1. The van der Waals surface area contributed by atoms with E-state index >= 15 is 0 Å². The summed E-state index contributed by atoms with van der Waals surface area (Å²) in [5, 5.41) is 2.82. The average molecular weight is 250 g/mol. The van der Waals surface area contributed by atoms with Gasteiger partial charge in [-0.3, -0.25) is 9.59 Å². The monoisotopic (exact) mass is 250 g/mol. The Bertz CT molecular complexity index is 477. The Kier molecular flexibility index (Phi) is 5.13. The number of aromatic amines is 1. The smallest absolute Gasteiger partial charge is 0.261 e. The summed E-state index contributed by atoms with van der Waals surface area (Å²) in [6.07, 6.45) is 2.70. The summed E-state index contributed by atoms with van der Waals surface area (Å²) in [5.74, 6) is -0.289. The lowest BCUT2D eigenvalue weighted by Crippen LogP contribution is -2.35. The van der Waals surface area contributed by atoms with Gasteiger partial charge in [-0.1, -0.05) is 20.3 Å². The van der Waals surface area contributed by atoms with Crippen molar-refractivity contribution in [2.75, 3.05) is 0 Å². The van der Waals surface area contributed by atoms with Crippen molar-refractivity contribution in [2.24, 2.45) is 0 Å². The molecule has 0 fully saturated rings. The normalized spacial score (nSPS) is 12.2. The Morgan fingerprint density at radius 3 is 2.67 bits per heavy atom. The first-order valence-corrected chi connectivity index (χ1v) is 6.53. The summed E-state index contributed by atoms with van der Waals surface area (Å²) in [6.45, 7) is 7.85. The maximum absolute atomic E-state index is 12.0. The lowest BCUT2D eigenvalue weighted by molar-refractivity contribution is 0.0937. The molecule has 4 nitrogen and oxygen atoms in total. The first kappa shape index (κ1) is 14.5. The second-order valence-electron chi connectivity index (χ2n) is 4.70. The van der Waals surface area contributed by atoms with Crippen LogP contribution in [0.15, 0.2) is 10.9 Å². The third kappa shape index (κ3) is 3.45. The molecule has 0 aromatic carbocycles. The van der Waals surface area contributed by atoms with E-state index in [1.54, 1.807) is 6.07 Å². The molecule has 1 aromatic rings. The fourth-order valence-corrected chi connectivity index (χ4v) is 1.77. The lowest BCUT2D eigenvalue weighted by atomic mass is 10.1. The Hall–Kier alpha value is -1.58.